The van der Waals surface area contributed by atoms with Gasteiger partial charge in [-0.1, -0.05) is 36.4 Å². The van der Waals surface area contributed by atoms with Gasteiger partial charge in [-0.05, 0) is 140 Å². The fraction of sp³-hybridized carbons (Fsp3) is 0.646. The van der Waals surface area contributed by atoms with Crippen molar-refractivity contribution in [2.45, 2.75) is 150 Å². The number of alkyl carbamates (subject to hydrolysis) is 1. The number of hydrogen-bond donors (Lipinski definition) is 2. The number of pyridine rings is 1. The van der Waals surface area contributed by atoms with Crippen LogP contribution in [-0.2, 0) is 18.9 Å². The summed E-state index contributed by atoms with van der Waals surface area (Å²) in [5.74, 6) is 0. The second-order valence-corrected chi connectivity index (χ2v) is 19.8. The molecule has 14 nitrogen and oxygen atoms in total. The van der Waals surface area contributed by atoms with Crippen LogP contribution in [0.1, 0.15) is 128 Å². The number of unbranched alkanes of at least 4 members (excludes halogenated alkanes) is 3. The first-order valence-electron chi connectivity index (χ1n) is 22.3. The second-order valence-electron chi connectivity index (χ2n) is 19.8. The molecule has 1 heterocycles. The van der Waals surface area contributed by atoms with E-state index in [-0.39, 0.29) is 6.09 Å². The molecule has 0 aliphatic rings. The summed E-state index contributed by atoms with van der Waals surface area (Å²) in [6, 6.07) is 16.3. The van der Waals surface area contributed by atoms with E-state index in [2.05, 4.69) is 22.8 Å². The number of ether oxygens (including phenoxy) is 4. The number of aromatic nitrogens is 1. The molecule has 0 saturated heterocycles. The quantitative estimate of drug-likeness (QED) is 0.0638. The van der Waals surface area contributed by atoms with E-state index in [9.17, 15) is 19.2 Å². The molecule has 4 amide bonds. The maximum atomic E-state index is 13.4. The van der Waals surface area contributed by atoms with Gasteiger partial charge < -0.3 is 44.3 Å². The number of anilines is 1. The van der Waals surface area contributed by atoms with Crippen LogP contribution in [0.25, 0.3) is 21.8 Å². The predicted octanol–water partition coefficient (Wildman–Crippen LogP) is 10.8. The smallest absolute Gasteiger partial charge is 0.410 e. The van der Waals surface area contributed by atoms with Crippen molar-refractivity contribution in [2.75, 3.05) is 57.7 Å². The predicted molar refractivity (Wildman–Crippen MR) is 248 cm³/mol. The molecule has 0 radical (unpaired) electrons. The monoisotopic (exact) mass is 865 g/mol. The minimum absolute atomic E-state index is 0.333. The summed E-state index contributed by atoms with van der Waals surface area (Å²) < 4.78 is 22.6. The maximum Gasteiger partial charge on any atom is 0.410 e. The lowest BCUT2D eigenvalue weighted by molar-refractivity contribution is 0.0180. The minimum atomic E-state index is -0.689. The molecule has 3 rings (SSSR count). The van der Waals surface area contributed by atoms with Gasteiger partial charge in [0.2, 0.25) is 0 Å². The molecule has 2 aromatic carbocycles. The third-order valence-electron chi connectivity index (χ3n) is 9.18. The zero-order valence-electron chi connectivity index (χ0n) is 39.8. The van der Waals surface area contributed by atoms with Gasteiger partial charge in [-0.15, -0.1) is 0 Å². The molecule has 62 heavy (non-hydrogen) atoms. The van der Waals surface area contributed by atoms with Gasteiger partial charge in [0.1, 0.15) is 22.4 Å². The van der Waals surface area contributed by atoms with Gasteiger partial charge in [-0.25, -0.2) is 24.2 Å². The molecule has 3 aromatic rings. The number of benzene rings is 2. The summed E-state index contributed by atoms with van der Waals surface area (Å²) in [7, 11) is 0. The van der Waals surface area contributed by atoms with Gasteiger partial charge in [-0.3, -0.25) is 0 Å². The largest absolute Gasteiger partial charge is 0.444 e. The fourth-order valence-electron chi connectivity index (χ4n) is 6.54. The Labute approximate surface area is 370 Å². The fourth-order valence-corrected chi connectivity index (χ4v) is 6.54. The van der Waals surface area contributed by atoms with E-state index in [0.29, 0.717) is 71.5 Å². The average Bonchev–Trinajstić information content (AvgIpc) is 3.13. The summed E-state index contributed by atoms with van der Waals surface area (Å²) in [5, 5.41) is 8.59. The summed E-state index contributed by atoms with van der Waals surface area (Å²) in [6.07, 6.45) is 3.09. The Morgan fingerprint density at radius 2 is 0.839 bits per heavy atom. The Morgan fingerprint density at radius 1 is 0.468 bits per heavy atom. The lowest BCUT2D eigenvalue weighted by Crippen LogP contribution is -2.42. The van der Waals surface area contributed by atoms with E-state index in [1.54, 1.807) is 35.5 Å². The summed E-state index contributed by atoms with van der Waals surface area (Å²) in [5.41, 5.74) is 0.370. The topological polar surface area (TPSA) is 152 Å². The molecular weight excluding hydrogens is 789 g/mol. The highest BCUT2D eigenvalue weighted by atomic mass is 16.6. The van der Waals surface area contributed by atoms with E-state index in [1.165, 1.54) is 0 Å². The van der Waals surface area contributed by atoms with Crippen LogP contribution in [0.4, 0.5) is 24.9 Å². The van der Waals surface area contributed by atoms with E-state index in [4.69, 9.17) is 23.9 Å². The van der Waals surface area contributed by atoms with Crippen LogP contribution in [0.3, 0.4) is 0 Å². The van der Waals surface area contributed by atoms with Gasteiger partial charge in [0.05, 0.1) is 16.7 Å². The first-order valence-corrected chi connectivity index (χ1v) is 22.3. The Kier molecular flexibility index (Phi) is 19.4. The first kappa shape index (κ1) is 51.3. The number of rotatable bonds is 20. The van der Waals surface area contributed by atoms with Crippen molar-refractivity contribution in [3.05, 3.63) is 48.5 Å². The van der Waals surface area contributed by atoms with Crippen LogP contribution < -0.4 is 10.6 Å². The Balaban J connectivity index is 1.58. The molecule has 346 valence electrons. The molecule has 0 bridgehead atoms. The molecule has 0 fully saturated rings. The molecule has 0 atom stereocenters. The Hall–Kier alpha value is -5.01. The maximum absolute atomic E-state index is 13.4. The number of carbonyl (C=O) groups is 4. The van der Waals surface area contributed by atoms with Crippen LogP contribution >= 0.6 is 0 Å². The molecular formula is C48H76N6O8. The minimum Gasteiger partial charge on any atom is -0.444 e. The van der Waals surface area contributed by atoms with Gasteiger partial charge in [-0.2, -0.15) is 0 Å². The summed E-state index contributed by atoms with van der Waals surface area (Å²) >= 11 is 0. The van der Waals surface area contributed by atoms with Crippen molar-refractivity contribution in [1.29, 1.82) is 0 Å². The number of hydrogen-bond acceptors (Lipinski definition) is 10. The van der Waals surface area contributed by atoms with Crippen molar-refractivity contribution in [3.63, 3.8) is 0 Å². The van der Waals surface area contributed by atoms with Gasteiger partial charge in [0.25, 0.3) is 0 Å². The van der Waals surface area contributed by atoms with Crippen LogP contribution in [0.15, 0.2) is 48.5 Å². The lowest BCUT2D eigenvalue weighted by atomic mass is 10.1. The van der Waals surface area contributed by atoms with Crippen molar-refractivity contribution >= 4 is 51.9 Å². The summed E-state index contributed by atoms with van der Waals surface area (Å²) in [4.78, 5) is 62.0. The van der Waals surface area contributed by atoms with Crippen molar-refractivity contribution < 1.29 is 38.1 Å². The first-order chi connectivity index (χ1) is 28.9. The van der Waals surface area contributed by atoms with E-state index in [1.807, 2.05) is 98.7 Å². The van der Waals surface area contributed by atoms with Crippen molar-refractivity contribution in [1.82, 2.24) is 25.0 Å². The number of nitrogens with one attached hydrogen (secondary N) is 2. The van der Waals surface area contributed by atoms with Crippen LogP contribution in [0, 0.1) is 0 Å². The highest BCUT2D eigenvalue weighted by molar-refractivity contribution is 6.07. The van der Waals surface area contributed by atoms with E-state index >= 15 is 0 Å². The molecule has 0 unspecified atom stereocenters. The van der Waals surface area contributed by atoms with Crippen LogP contribution in [-0.4, -0.2) is 119 Å². The van der Waals surface area contributed by atoms with Gasteiger partial charge in [0, 0.05) is 63.1 Å². The number of para-hydroxylation sites is 2. The van der Waals surface area contributed by atoms with E-state index < -0.39 is 40.7 Å². The van der Waals surface area contributed by atoms with Crippen molar-refractivity contribution in [3.8, 4) is 0 Å². The molecule has 2 N–H and O–H groups in total. The van der Waals surface area contributed by atoms with Gasteiger partial charge >= 0.3 is 24.4 Å². The third kappa shape index (κ3) is 19.8. The number of nitrogens with zero attached hydrogens (tertiary/aromatic N) is 4. The second kappa shape index (κ2) is 23.4. The number of carbonyl (C=O) groups excluding carboxylic acids is 4. The average molecular weight is 865 g/mol. The summed E-state index contributed by atoms with van der Waals surface area (Å²) in [6.45, 7) is 25.5. The molecule has 0 spiro atoms. The van der Waals surface area contributed by atoms with Crippen LogP contribution in [0.5, 0.6) is 0 Å². The van der Waals surface area contributed by atoms with E-state index in [0.717, 1.165) is 53.3 Å². The molecule has 0 aliphatic heterocycles. The highest BCUT2D eigenvalue weighted by Gasteiger charge is 2.26. The van der Waals surface area contributed by atoms with Crippen molar-refractivity contribution in [2.24, 2.45) is 0 Å². The van der Waals surface area contributed by atoms with Gasteiger partial charge in [0.15, 0.2) is 0 Å². The lowest BCUT2D eigenvalue weighted by Gasteiger charge is -2.30. The normalized spacial score (nSPS) is 12.1. The highest BCUT2D eigenvalue weighted by Crippen LogP contribution is 2.30. The number of amides is 4. The number of fused-ring (bicyclic) bond motifs is 2. The zero-order chi connectivity index (χ0) is 46.1. The Bertz CT molecular complexity index is 1840. The Morgan fingerprint density at radius 3 is 1.26 bits per heavy atom. The molecule has 14 heteroatoms. The third-order valence-corrected chi connectivity index (χ3v) is 9.18. The molecule has 0 aliphatic carbocycles. The standard InChI is InChI=1S/C48H76N6O8/c1-45(2,3)59-41(55)50-29-22-33-52(42(56)60-46(4,5)6)31-20-21-32-54(44(58)62-48(10,11)12)35-23-34-53(43(57)61-47(7,8)9)30-19-13-18-28-49-40-36-24-14-16-26-38(36)51-39-27-17-15-25-37(39)40/h14-17,24-27H,13,18-23,28-35H2,1-12H3,(H,49,51)(H,50,55). The molecule has 0 saturated carbocycles. The zero-order valence-corrected chi connectivity index (χ0v) is 39.8. The SMILES string of the molecule is CC(C)(C)OC(=O)NCCCN(CCCCN(CCCN(CCCCCNc1c2ccccc2nc2ccccc12)C(=O)OC(C)(C)C)C(=O)OC(C)(C)C)C(=O)OC(C)(C)C. The molecule has 1 aromatic heterocycles. The van der Waals surface area contributed by atoms with Crippen LogP contribution in [0.2, 0.25) is 0 Å².